The van der Waals surface area contributed by atoms with E-state index in [1.165, 1.54) is 51.7 Å². The number of nitrogens with one attached hydrogen (secondary N) is 1. The molecular formula is C15H32N2. The molecule has 2 heteroatoms. The first kappa shape index (κ1) is 15.0. The maximum Gasteiger partial charge on any atom is 0.00670 e. The van der Waals surface area contributed by atoms with E-state index < -0.39 is 0 Å². The van der Waals surface area contributed by atoms with Gasteiger partial charge >= 0.3 is 0 Å². The fourth-order valence-corrected chi connectivity index (χ4v) is 2.79. The van der Waals surface area contributed by atoms with Gasteiger partial charge < -0.3 is 10.2 Å². The van der Waals surface area contributed by atoms with Gasteiger partial charge in [0.05, 0.1) is 0 Å². The third-order valence-corrected chi connectivity index (χ3v) is 4.24. The van der Waals surface area contributed by atoms with Crippen LogP contribution in [0.3, 0.4) is 0 Å². The number of likely N-dealkylation sites (tertiary alicyclic amines) is 1. The Balaban J connectivity index is 2.17. The Hall–Kier alpha value is -0.0800. The van der Waals surface area contributed by atoms with Crippen molar-refractivity contribution in [2.75, 3.05) is 26.7 Å². The third kappa shape index (κ3) is 5.87. The molecule has 1 fully saturated rings. The van der Waals surface area contributed by atoms with E-state index in [1.54, 1.807) is 0 Å². The van der Waals surface area contributed by atoms with Crippen LogP contribution in [0.1, 0.15) is 52.9 Å². The molecule has 1 atom stereocenters. The van der Waals surface area contributed by atoms with Crippen molar-refractivity contribution < 1.29 is 0 Å². The van der Waals surface area contributed by atoms with Crippen molar-refractivity contribution in [2.45, 2.75) is 58.9 Å². The Morgan fingerprint density at radius 1 is 1.12 bits per heavy atom. The molecule has 0 aliphatic carbocycles. The van der Waals surface area contributed by atoms with E-state index in [0.29, 0.717) is 0 Å². The van der Waals surface area contributed by atoms with E-state index in [1.807, 2.05) is 0 Å². The normalized spacial score (nSPS) is 21.0. The number of piperidine rings is 1. The predicted octanol–water partition coefficient (Wildman–Crippen LogP) is 3.13. The Morgan fingerprint density at radius 3 is 2.29 bits per heavy atom. The van der Waals surface area contributed by atoms with E-state index in [0.717, 1.165) is 17.9 Å². The van der Waals surface area contributed by atoms with Crippen LogP contribution in [0.5, 0.6) is 0 Å². The van der Waals surface area contributed by atoms with Crippen molar-refractivity contribution in [2.24, 2.45) is 11.8 Å². The Bertz CT molecular complexity index is 183. The van der Waals surface area contributed by atoms with Gasteiger partial charge in [0.1, 0.15) is 0 Å². The number of hydrogen-bond acceptors (Lipinski definition) is 2. The Labute approximate surface area is 108 Å². The first-order valence-electron chi connectivity index (χ1n) is 7.52. The molecule has 102 valence electrons. The van der Waals surface area contributed by atoms with E-state index in [9.17, 15) is 0 Å². The quantitative estimate of drug-likeness (QED) is 0.735. The van der Waals surface area contributed by atoms with E-state index in [2.05, 4.69) is 38.0 Å². The summed E-state index contributed by atoms with van der Waals surface area (Å²) in [6, 6.07) is 0.794. The van der Waals surface area contributed by atoms with Crippen LogP contribution in [-0.2, 0) is 0 Å². The van der Waals surface area contributed by atoms with Crippen LogP contribution in [0, 0.1) is 11.8 Å². The van der Waals surface area contributed by atoms with E-state index in [4.69, 9.17) is 0 Å². The van der Waals surface area contributed by atoms with Gasteiger partial charge in [-0.15, -0.1) is 0 Å². The third-order valence-electron chi connectivity index (χ3n) is 4.24. The monoisotopic (exact) mass is 240 g/mol. The zero-order valence-electron chi connectivity index (χ0n) is 12.3. The van der Waals surface area contributed by atoms with Crippen LogP contribution in [-0.4, -0.2) is 37.6 Å². The molecule has 0 aromatic carbocycles. The molecule has 1 aliphatic rings. The van der Waals surface area contributed by atoms with Gasteiger partial charge in [0.2, 0.25) is 0 Å². The first-order valence-corrected chi connectivity index (χ1v) is 7.52. The van der Waals surface area contributed by atoms with Crippen LogP contribution >= 0.6 is 0 Å². The van der Waals surface area contributed by atoms with Crippen LogP contribution in [0.15, 0.2) is 0 Å². The van der Waals surface area contributed by atoms with Crippen molar-refractivity contribution in [3.63, 3.8) is 0 Å². The maximum absolute atomic E-state index is 3.27. The maximum atomic E-state index is 3.27. The summed E-state index contributed by atoms with van der Waals surface area (Å²) in [7, 11) is 2.06. The smallest absolute Gasteiger partial charge is 0.00670 e. The topological polar surface area (TPSA) is 15.3 Å². The summed E-state index contributed by atoms with van der Waals surface area (Å²) in [6.07, 6.45) is 6.94. The summed E-state index contributed by atoms with van der Waals surface area (Å²) in [5.41, 5.74) is 0. The van der Waals surface area contributed by atoms with Gasteiger partial charge in [0, 0.05) is 6.04 Å². The van der Waals surface area contributed by atoms with Crippen LogP contribution in [0.2, 0.25) is 0 Å². The second-order valence-electron chi connectivity index (χ2n) is 6.19. The van der Waals surface area contributed by atoms with E-state index in [-0.39, 0.29) is 0 Å². The summed E-state index contributed by atoms with van der Waals surface area (Å²) >= 11 is 0. The molecule has 1 N–H and O–H groups in total. The average Bonchev–Trinajstić information content (AvgIpc) is 2.34. The largest absolute Gasteiger partial charge is 0.320 e. The first-order chi connectivity index (χ1) is 8.13. The van der Waals surface area contributed by atoms with Gasteiger partial charge in [0.15, 0.2) is 0 Å². The molecule has 2 nitrogen and oxygen atoms in total. The lowest BCUT2D eigenvalue weighted by molar-refractivity contribution is 0.128. The highest BCUT2D eigenvalue weighted by Gasteiger charge is 2.22. The Morgan fingerprint density at radius 2 is 1.76 bits per heavy atom. The number of nitrogens with zero attached hydrogens (tertiary/aromatic N) is 1. The van der Waals surface area contributed by atoms with Gasteiger partial charge in [-0.2, -0.15) is 0 Å². The highest BCUT2D eigenvalue weighted by molar-refractivity contribution is 4.76. The summed E-state index contributed by atoms with van der Waals surface area (Å²) in [5.74, 6) is 1.82. The zero-order chi connectivity index (χ0) is 12.7. The summed E-state index contributed by atoms with van der Waals surface area (Å²) < 4.78 is 0. The van der Waals surface area contributed by atoms with Gasteiger partial charge in [-0.05, 0) is 77.5 Å². The molecule has 1 rings (SSSR count). The second kappa shape index (κ2) is 8.10. The lowest BCUT2D eigenvalue weighted by Gasteiger charge is -2.36. The van der Waals surface area contributed by atoms with Crippen molar-refractivity contribution in [1.82, 2.24) is 10.2 Å². The molecule has 0 aromatic heterocycles. The molecule has 0 bridgehead atoms. The predicted molar refractivity (Wildman–Crippen MR) is 76.4 cm³/mol. The zero-order valence-corrected chi connectivity index (χ0v) is 12.3. The lowest BCUT2D eigenvalue weighted by Crippen LogP contribution is -2.40. The molecule has 1 saturated heterocycles. The van der Waals surface area contributed by atoms with Crippen molar-refractivity contribution in [3.8, 4) is 0 Å². The molecule has 1 heterocycles. The molecule has 1 unspecified atom stereocenters. The average molecular weight is 240 g/mol. The number of rotatable bonds is 7. The fourth-order valence-electron chi connectivity index (χ4n) is 2.79. The highest BCUT2D eigenvalue weighted by Crippen LogP contribution is 2.23. The molecule has 0 aromatic rings. The minimum atomic E-state index is 0.794. The molecule has 0 amide bonds. The van der Waals surface area contributed by atoms with Crippen LogP contribution in [0.25, 0.3) is 0 Å². The van der Waals surface area contributed by atoms with Crippen molar-refractivity contribution in [3.05, 3.63) is 0 Å². The van der Waals surface area contributed by atoms with Gasteiger partial charge in [-0.3, -0.25) is 0 Å². The SMILES string of the molecule is CNCCC1CCN(C(C)CCC(C)C)CC1. The van der Waals surface area contributed by atoms with Crippen LogP contribution < -0.4 is 5.32 Å². The van der Waals surface area contributed by atoms with E-state index >= 15 is 0 Å². The lowest BCUT2D eigenvalue weighted by atomic mass is 9.92. The summed E-state index contributed by atoms with van der Waals surface area (Å²) in [5, 5.41) is 3.27. The van der Waals surface area contributed by atoms with Gasteiger partial charge in [0.25, 0.3) is 0 Å². The van der Waals surface area contributed by atoms with Gasteiger partial charge in [-0.25, -0.2) is 0 Å². The van der Waals surface area contributed by atoms with Crippen molar-refractivity contribution in [1.29, 1.82) is 0 Å². The number of hydrogen-bond donors (Lipinski definition) is 1. The molecular weight excluding hydrogens is 208 g/mol. The molecule has 0 radical (unpaired) electrons. The summed E-state index contributed by atoms with van der Waals surface area (Å²) in [6.45, 7) is 10.9. The molecule has 0 saturated carbocycles. The van der Waals surface area contributed by atoms with Gasteiger partial charge in [-0.1, -0.05) is 13.8 Å². The standard InChI is InChI=1S/C15H32N2/c1-13(2)5-6-14(3)17-11-8-15(9-12-17)7-10-16-4/h13-16H,5-12H2,1-4H3. The highest BCUT2D eigenvalue weighted by atomic mass is 15.2. The molecule has 1 aliphatic heterocycles. The van der Waals surface area contributed by atoms with Crippen molar-refractivity contribution >= 4 is 0 Å². The van der Waals surface area contributed by atoms with Crippen LogP contribution in [0.4, 0.5) is 0 Å². The molecule has 0 spiro atoms. The minimum Gasteiger partial charge on any atom is -0.320 e. The Kier molecular flexibility index (Phi) is 7.14. The minimum absolute atomic E-state index is 0.794. The molecule has 17 heavy (non-hydrogen) atoms. The second-order valence-corrected chi connectivity index (χ2v) is 6.19. The fraction of sp³-hybridized carbons (Fsp3) is 1.00. The summed E-state index contributed by atoms with van der Waals surface area (Å²) in [4.78, 5) is 2.71.